The molecule has 19 heavy (non-hydrogen) atoms. The predicted octanol–water partition coefficient (Wildman–Crippen LogP) is 3.68. The van der Waals surface area contributed by atoms with Gasteiger partial charge in [-0.3, -0.25) is 0 Å². The normalized spacial score (nSPS) is 13.9. The smallest absolute Gasteiger partial charge is 0.405 e. The van der Waals surface area contributed by atoms with E-state index in [0.717, 1.165) is 12.8 Å². The van der Waals surface area contributed by atoms with Gasteiger partial charge < -0.3 is 15.6 Å². The molecular weight excluding hydrogens is 289 g/mol. The molecule has 1 aromatic carbocycles. The van der Waals surface area contributed by atoms with Gasteiger partial charge in [0.1, 0.15) is 0 Å². The van der Waals surface area contributed by atoms with Gasteiger partial charge in [0.15, 0.2) is 6.10 Å². The van der Waals surface area contributed by atoms with Gasteiger partial charge in [0.2, 0.25) is 0 Å². The molecule has 0 aliphatic heterocycles. The lowest BCUT2D eigenvalue weighted by molar-refractivity contribution is -0.0000379. The van der Waals surface area contributed by atoms with Crippen molar-refractivity contribution in [3.05, 3.63) is 33.8 Å². The third kappa shape index (κ3) is 4.90. The summed E-state index contributed by atoms with van der Waals surface area (Å²) in [5.41, 5.74) is 5.53. The highest BCUT2D eigenvalue weighted by Crippen LogP contribution is 2.32. The third-order valence-corrected chi connectivity index (χ3v) is 3.28. The Kier molecular flexibility index (Phi) is 6.42. The number of ether oxygens (including phenoxy) is 1. The van der Waals surface area contributed by atoms with Crippen molar-refractivity contribution in [1.82, 2.24) is 0 Å². The molecule has 0 aliphatic carbocycles. The molecule has 0 aromatic heterocycles. The lowest BCUT2D eigenvalue weighted by Crippen LogP contribution is -2.27. The Bertz CT molecular complexity index is 440. The number of hydrogen-bond donors (Lipinski definition) is 2. The molecule has 0 spiro atoms. The van der Waals surface area contributed by atoms with Crippen molar-refractivity contribution in [2.75, 3.05) is 0 Å². The number of amides is 1. The van der Waals surface area contributed by atoms with Gasteiger partial charge in [-0.1, -0.05) is 49.0 Å². The zero-order valence-corrected chi connectivity index (χ0v) is 12.1. The minimum atomic E-state index is -0.952. The van der Waals surface area contributed by atoms with Gasteiger partial charge in [-0.15, -0.1) is 0 Å². The van der Waals surface area contributed by atoms with Crippen molar-refractivity contribution in [1.29, 1.82) is 0 Å². The first kappa shape index (κ1) is 16.1. The largest absolute Gasteiger partial charge is 0.439 e. The van der Waals surface area contributed by atoms with Crippen LogP contribution in [0.2, 0.25) is 10.0 Å². The third-order valence-electron chi connectivity index (χ3n) is 2.72. The lowest BCUT2D eigenvalue weighted by Gasteiger charge is -2.23. The standard InChI is InChI=1S/C13H17Cl2NO3/c1-2-3-4-11(17)12(19-13(16)18)9-6-5-8(14)7-10(9)15/h5-7,11-12,17H,2-4H2,1H3,(H2,16,18)/t11-,12?/m1/s1. The summed E-state index contributed by atoms with van der Waals surface area (Å²) in [5.74, 6) is 0. The van der Waals surface area contributed by atoms with E-state index in [4.69, 9.17) is 33.7 Å². The maximum absolute atomic E-state index is 11.0. The average molecular weight is 306 g/mol. The van der Waals surface area contributed by atoms with E-state index in [1.165, 1.54) is 6.07 Å². The molecule has 1 unspecified atom stereocenters. The molecule has 0 saturated heterocycles. The van der Waals surface area contributed by atoms with Crippen LogP contribution >= 0.6 is 23.2 Å². The topological polar surface area (TPSA) is 72.6 Å². The number of carbonyl (C=O) groups excluding carboxylic acids is 1. The summed E-state index contributed by atoms with van der Waals surface area (Å²) < 4.78 is 4.98. The predicted molar refractivity (Wildman–Crippen MR) is 75.4 cm³/mol. The second-order valence-electron chi connectivity index (χ2n) is 4.23. The minimum absolute atomic E-state index is 0.328. The van der Waals surface area contributed by atoms with Crippen LogP contribution in [0.25, 0.3) is 0 Å². The molecule has 1 amide bonds. The van der Waals surface area contributed by atoms with Gasteiger partial charge in [-0.25, -0.2) is 4.79 Å². The molecule has 106 valence electrons. The summed E-state index contributed by atoms with van der Waals surface area (Å²) in [5, 5.41) is 10.9. The molecule has 0 radical (unpaired) electrons. The highest BCUT2D eigenvalue weighted by atomic mass is 35.5. The average Bonchev–Trinajstić information content (AvgIpc) is 2.33. The maximum atomic E-state index is 11.0. The van der Waals surface area contributed by atoms with Crippen LogP contribution in [-0.4, -0.2) is 17.3 Å². The fraction of sp³-hybridized carbons (Fsp3) is 0.462. The number of nitrogens with two attached hydrogens (primary N) is 1. The van der Waals surface area contributed by atoms with E-state index < -0.39 is 18.3 Å². The number of hydrogen-bond acceptors (Lipinski definition) is 3. The van der Waals surface area contributed by atoms with Crippen LogP contribution in [0.4, 0.5) is 4.79 Å². The number of aliphatic hydroxyl groups is 1. The molecule has 0 fully saturated rings. The van der Waals surface area contributed by atoms with E-state index in [-0.39, 0.29) is 0 Å². The van der Waals surface area contributed by atoms with Crippen LogP contribution in [0.5, 0.6) is 0 Å². The number of halogens is 2. The van der Waals surface area contributed by atoms with Gasteiger partial charge in [0.05, 0.1) is 6.10 Å². The van der Waals surface area contributed by atoms with Crippen LogP contribution in [0.15, 0.2) is 18.2 Å². The number of unbranched alkanes of at least 4 members (excludes halogenated alkanes) is 1. The van der Waals surface area contributed by atoms with Crippen LogP contribution < -0.4 is 5.73 Å². The summed E-state index contributed by atoms with van der Waals surface area (Å²) in [6.45, 7) is 2.01. The SMILES string of the molecule is CCCC[C@@H](O)C(OC(N)=O)c1ccc(Cl)cc1Cl. The molecule has 0 heterocycles. The Morgan fingerprint density at radius 3 is 2.68 bits per heavy atom. The van der Waals surface area contributed by atoms with Crippen LogP contribution in [-0.2, 0) is 4.74 Å². The Morgan fingerprint density at radius 1 is 1.47 bits per heavy atom. The summed E-state index contributed by atoms with van der Waals surface area (Å²) in [4.78, 5) is 11.0. The van der Waals surface area contributed by atoms with Crippen molar-refractivity contribution >= 4 is 29.3 Å². The maximum Gasteiger partial charge on any atom is 0.405 e. The minimum Gasteiger partial charge on any atom is -0.439 e. The molecule has 0 bridgehead atoms. The first-order chi connectivity index (χ1) is 8.95. The first-order valence-corrected chi connectivity index (χ1v) is 6.80. The number of primary amides is 1. The molecule has 1 aromatic rings. The molecule has 4 nitrogen and oxygen atoms in total. The quantitative estimate of drug-likeness (QED) is 0.842. The van der Waals surface area contributed by atoms with Gasteiger partial charge in [0, 0.05) is 15.6 Å². The molecule has 3 N–H and O–H groups in total. The highest BCUT2D eigenvalue weighted by molar-refractivity contribution is 6.35. The van der Waals surface area contributed by atoms with Crippen LogP contribution in [0.3, 0.4) is 0 Å². The lowest BCUT2D eigenvalue weighted by atomic mass is 10.00. The van der Waals surface area contributed by atoms with E-state index in [1.807, 2.05) is 6.92 Å². The van der Waals surface area contributed by atoms with E-state index in [2.05, 4.69) is 0 Å². The van der Waals surface area contributed by atoms with Gasteiger partial charge in [-0.2, -0.15) is 0 Å². The van der Waals surface area contributed by atoms with E-state index >= 15 is 0 Å². The number of benzene rings is 1. The monoisotopic (exact) mass is 305 g/mol. The van der Waals surface area contributed by atoms with E-state index in [9.17, 15) is 9.90 Å². The van der Waals surface area contributed by atoms with E-state index in [0.29, 0.717) is 22.0 Å². The second-order valence-corrected chi connectivity index (χ2v) is 5.08. The number of rotatable bonds is 6. The van der Waals surface area contributed by atoms with Crippen molar-refractivity contribution in [3.63, 3.8) is 0 Å². The Labute approximate surface area is 122 Å². The van der Waals surface area contributed by atoms with Crippen LogP contribution in [0, 0.1) is 0 Å². The molecule has 0 saturated carbocycles. The summed E-state index contributed by atoms with van der Waals surface area (Å²) in [6, 6.07) is 4.77. The van der Waals surface area contributed by atoms with Crippen molar-refractivity contribution < 1.29 is 14.6 Å². The van der Waals surface area contributed by atoms with Gasteiger partial charge in [0.25, 0.3) is 0 Å². The van der Waals surface area contributed by atoms with Gasteiger partial charge in [-0.05, 0) is 18.6 Å². The summed E-state index contributed by atoms with van der Waals surface area (Å²) in [7, 11) is 0. The highest BCUT2D eigenvalue weighted by Gasteiger charge is 2.26. The Hall–Kier alpha value is -0.970. The zero-order chi connectivity index (χ0) is 14.4. The van der Waals surface area contributed by atoms with Gasteiger partial charge >= 0.3 is 6.09 Å². The Balaban J connectivity index is 2.98. The Morgan fingerprint density at radius 2 is 2.16 bits per heavy atom. The van der Waals surface area contributed by atoms with Crippen molar-refractivity contribution in [2.45, 2.75) is 38.4 Å². The fourth-order valence-corrected chi connectivity index (χ4v) is 2.29. The van der Waals surface area contributed by atoms with Crippen molar-refractivity contribution in [3.8, 4) is 0 Å². The molecular formula is C13H17Cl2NO3. The molecule has 6 heteroatoms. The second kappa shape index (κ2) is 7.58. The summed E-state index contributed by atoms with van der Waals surface area (Å²) in [6.07, 6.45) is -0.459. The van der Waals surface area contributed by atoms with Crippen molar-refractivity contribution in [2.24, 2.45) is 5.73 Å². The van der Waals surface area contributed by atoms with E-state index in [1.54, 1.807) is 12.1 Å². The number of carbonyl (C=O) groups is 1. The first-order valence-electron chi connectivity index (χ1n) is 6.04. The molecule has 2 atom stereocenters. The summed E-state index contributed by atoms with van der Waals surface area (Å²) >= 11 is 11.9. The van der Waals surface area contributed by atoms with Crippen LogP contribution in [0.1, 0.15) is 37.9 Å². The zero-order valence-electron chi connectivity index (χ0n) is 10.6. The molecule has 0 aliphatic rings. The number of aliphatic hydroxyl groups excluding tert-OH is 1. The fourth-order valence-electron chi connectivity index (χ4n) is 1.77. The molecule has 1 rings (SSSR count).